The molecule has 3 nitrogen and oxygen atoms in total. The number of amides is 1. The first-order chi connectivity index (χ1) is 8.17. The highest BCUT2D eigenvalue weighted by atomic mass is 32.2. The Balaban J connectivity index is 2.27. The van der Waals surface area contributed by atoms with Crippen LogP contribution < -0.4 is 5.32 Å². The molecular formula is C13H25NO2S. The van der Waals surface area contributed by atoms with Crippen molar-refractivity contribution >= 4 is 17.7 Å². The van der Waals surface area contributed by atoms with Gasteiger partial charge >= 0.3 is 0 Å². The van der Waals surface area contributed by atoms with Gasteiger partial charge in [-0.05, 0) is 31.9 Å². The minimum atomic E-state index is 0.0473. The quantitative estimate of drug-likeness (QED) is 0.769. The summed E-state index contributed by atoms with van der Waals surface area (Å²) >= 11 is 1.60. The van der Waals surface area contributed by atoms with E-state index in [0.717, 1.165) is 0 Å². The van der Waals surface area contributed by atoms with E-state index in [1.807, 2.05) is 13.2 Å². The van der Waals surface area contributed by atoms with Gasteiger partial charge in [0.2, 0.25) is 5.91 Å². The number of rotatable bonds is 6. The topological polar surface area (TPSA) is 49.3 Å². The van der Waals surface area contributed by atoms with E-state index in [9.17, 15) is 4.79 Å². The summed E-state index contributed by atoms with van der Waals surface area (Å²) in [6.07, 6.45) is 8.91. The van der Waals surface area contributed by atoms with Gasteiger partial charge in [0.25, 0.3) is 0 Å². The second-order valence-electron chi connectivity index (χ2n) is 5.02. The fourth-order valence-corrected chi connectivity index (χ4v) is 3.12. The SMILES string of the molecule is CSC(CO)C(C)NC(=O)CC1CCCCC1. The molecule has 0 aromatic rings. The van der Waals surface area contributed by atoms with Crippen LogP contribution in [0.15, 0.2) is 0 Å². The maximum absolute atomic E-state index is 11.9. The lowest BCUT2D eigenvalue weighted by Crippen LogP contribution is -2.41. The van der Waals surface area contributed by atoms with Crippen molar-refractivity contribution in [2.24, 2.45) is 5.92 Å². The van der Waals surface area contributed by atoms with Gasteiger partial charge in [-0.15, -0.1) is 0 Å². The molecule has 0 aliphatic heterocycles. The molecule has 4 heteroatoms. The van der Waals surface area contributed by atoms with Gasteiger partial charge in [0, 0.05) is 17.7 Å². The summed E-state index contributed by atoms with van der Waals surface area (Å²) in [6.45, 7) is 2.09. The number of carbonyl (C=O) groups is 1. The monoisotopic (exact) mass is 259 g/mol. The second kappa shape index (κ2) is 7.98. The lowest BCUT2D eigenvalue weighted by Gasteiger charge is -2.24. The highest BCUT2D eigenvalue weighted by Gasteiger charge is 2.21. The molecule has 1 rings (SSSR count). The van der Waals surface area contributed by atoms with Gasteiger partial charge in [-0.25, -0.2) is 0 Å². The van der Waals surface area contributed by atoms with Gasteiger partial charge in [0.05, 0.1) is 6.61 Å². The van der Waals surface area contributed by atoms with Crippen LogP contribution in [0.2, 0.25) is 0 Å². The molecule has 0 radical (unpaired) electrons. The molecule has 0 saturated heterocycles. The van der Waals surface area contributed by atoms with Crippen LogP contribution in [0, 0.1) is 5.92 Å². The van der Waals surface area contributed by atoms with Gasteiger partial charge in [-0.2, -0.15) is 11.8 Å². The zero-order valence-corrected chi connectivity index (χ0v) is 11.8. The number of thioether (sulfide) groups is 1. The molecule has 2 atom stereocenters. The minimum Gasteiger partial charge on any atom is -0.395 e. The largest absolute Gasteiger partial charge is 0.395 e. The second-order valence-corrected chi connectivity index (χ2v) is 6.10. The first kappa shape index (κ1) is 14.8. The van der Waals surface area contributed by atoms with E-state index in [1.54, 1.807) is 11.8 Å². The number of hydrogen-bond donors (Lipinski definition) is 2. The summed E-state index contributed by atoms with van der Waals surface area (Å²) in [6, 6.07) is 0.0473. The van der Waals surface area contributed by atoms with E-state index in [2.05, 4.69) is 5.32 Å². The predicted molar refractivity (Wildman–Crippen MR) is 73.2 cm³/mol. The van der Waals surface area contributed by atoms with E-state index in [1.165, 1.54) is 32.1 Å². The van der Waals surface area contributed by atoms with E-state index in [4.69, 9.17) is 5.11 Å². The Morgan fingerprint density at radius 3 is 2.59 bits per heavy atom. The molecule has 0 aromatic heterocycles. The summed E-state index contributed by atoms with van der Waals surface area (Å²) in [5.74, 6) is 0.731. The molecule has 17 heavy (non-hydrogen) atoms. The molecule has 0 spiro atoms. The van der Waals surface area contributed by atoms with Crippen LogP contribution in [0.1, 0.15) is 45.4 Å². The fourth-order valence-electron chi connectivity index (χ4n) is 2.50. The summed E-state index contributed by atoms with van der Waals surface area (Å²) in [5, 5.41) is 12.3. The Labute approximate surface area is 109 Å². The van der Waals surface area contributed by atoms with Crippen LogP contribution in [-0.2, 0) is 4.79 Å². The maximum atomic E-state index is 11.9. The van der Waals surface area contributed by atoms with Gasteiger partial charge in [0.15, 0.2) is 0 Å². The molecule has 1 aliphatic carbocycles. The number of aliphatic hydroxyl groups is 1. The zero-order valence-electron chi connectivity index (χ0n) is 10.9. The van der Waals surface area contributed by atoms with Gasteiger partial charge in [-0.3, -0.25) is 4.79 Å². The highest BCUT2D eigenvalue weighted by Crippen LogP contribution is 2.26. The Bertz CT molecular complexity index is 225. The van der Waals surface area contributed by atoms with Crippen LogP contribution >= 0.6 is 11.8 Å². The van der Waals surface area contributed by atoms with Gasteiger partial charge in [-0.1, -0.05) is 19.3 Å². The molecule has 2 N–H and O–H groups in total. The zero-order chi connectivity index (χ0) is 12.7. The Kier molecular flexibility index (Phi) is 6.97. The average Bonchev–Trinajstić information content (AvgIpc) is 2.31. The standard InChI is InChI=1S/C13H25NO2S/c1-10(12(9-15)17-2)14-13(16)8-11-6-4-3-5-7-11/h10-12,15H,3-9H2,1-2H3,(H,14,16). The molecule has 1 amide bonds. The molecule has 1 fully saturated rings. The highest BCUT2D eigenvalue weighted by molar-refractivity contribution is 7.99. The van der Waals surface area contributed by atoms with Crippen molar-refractivity contribution in [2.45, 2.75) is 56.7 Å². The molecule has 100 valence electrons. The van der Waals surface area contributed by atoms with Crippen molar-refractivity contribution in [1.29, 1.82) is 0 Å². The van der Waals surface area contributed by atoms with Crippen LogP contribution in [0.5, 0.6) is 0 Å². The summed E-state index contributed by atoms with van der Waals surface area (Å²) in [5.41, 5.74) is 0. The average molecular weight is 259 g/mol. The number of carbonyl (C=O) groups excluding carboxylic acids is 1. The van der Waals surface area contributed by atoms with Crippen molar-refractivity contribution in [2.75, 3.05) is 12.9 Å². The van der Waals surface area contributed by atoms with Gasteiger partial charge in [0.1, 0.15) is 0 Å². The lowest BCUT2D eigenvalue weighted by atomic mass is 9.87. The third kappa shape index (κ3) is 5.30. The fraction of sp³-hybridized carbons (Fsp3) is 0.923. The van der Waals surface area contributed by atoms with Crippen molar-refractivity contribution in [3.8, 4) is 0 Å². The van der Waals surface area contributed by atoms with Crippen LogP contribution in [-0.4, -0.2) is 35.2 Å². The van der Waals surface area contributed by atoms with Crippen molar-refractivity contribution in [3.63, 3.8) is 0 Å². The van der Waals surface area contributed by atoms with Gasteiger partial charge < -0.3 is 10.4 Å². The van der Waals surface area contributed by atoms with Crippen LogP contribution in [0.25, 0.3) is 0 Å². The van der Waals surface area contributed by atoms with E-state index in [-0.39, 0.29) is 23.8 Å². The van der Waals surface area contributed by atoms with E-state index >= 15 is 0 Å². The minimum absolute atomic E-state index is 0.0473. The first-order valence-electron chi connectivity index (χ1n) is 6.60. The molecular weight excluding hydrogens is 234 g/mol. The Hall–Kier alpha value is -0.220. The molecule has 2 unspecified atom stereocenters. The maximum Gasteiger partial charge on any atom is 0.220 e. The third-order valence-electron chi connectivity index (χ3n) is 3.63. The smallest absolute Gasteiger partial charge is 0.220 e. The predicted octanol–water partition coefficient (Wildman–Crippen LogP) is 2.19. The van der Waals surface area contributed by atoms with E-state index < -0.39 is 0 Å². The normalized spacial score (nSPS) is 20.9. The van der Waals surface area contributed by atoms with Crippen LogP contribution in [0.4, 0.5) is 0 Å². The third-order valence-corrected chi connectivity index (χ3v) is 4.79. The van der Waals surface area contributed by atoms with Crippen molar-refractivity contribution in [3.05, 3.63) is 0 Å². The number of aliphatic hydroxyl groups excluding tert-OH is 1. The molecule has 1 saturated carbocycles. The lowest BCUT2D eigenvalue weighted by molar-refractivity contribution is -0.122. The van der Waals surface area contributed by atoms with Crippen LogP contribution in [0.3, 0.4) is 0 Å². The molecule has 0 aromatic carbocycles. The molecule has 0 heterocycles. The Morgan fingerprint density at radius 1 is 1.41 bits per heavy atom. The summed E-state index contributed by atoms with van der Waals surface area (Å²) in [7, 11) is 0. The summed E-state index contributed by atoms with van der Waals surface area (Å²) in [4.78, 5) is 11.9. The van der Waals surface area contributed by atoms with Crippen molar-refractivity contribution < 1.29 is 9.90 Å². The number of hydrogen-bond acceptors (Lipinski definition) is 3. The summed E-state index contributed by atoms with van der Waals surface area (Å²) < 4.78 is 0. The molecule has 1 aliphatic rings. The molecule has 0 bridgehead atoms. The Morgan fingerprint density at radius 2 is 2.06 bits per heavy atom. The van der Waals surface area contributed by atoms with E-state index in [0.29, 0.717) is 12.3 Å². The first-order valence-corrected chi connectivity index (χ1v) is 7.89. The number of nitrogens with one attached hydrogen (secondary N) is 1. The van der Waals surface area contributed by atoms with Crippen molar-refractivity contribution in [1.82, 2.24) is 5.32 Å².